The van der Waals surface area contributed by atoms with Crippen LogP contribution in [0, 0.1) is 13.8 Å². The third kappa shape index (κ3) is 4.98. The van der Waals surface area contributed by atoms with Gasteiger partial charge < -0.3 is 14.6 Å². The van der Waals surface area contributed by atoms with E-state index in [2.05, 4.69) is 20.8 Å². The molecule has 3 amide bonds. The molecule has 2 aromatic carbocycles. The van der Waals surface area contributed by atoms with Crippen molar-refractivity contribution in [3.8, 4) is 17.1 Å². The number of nitrogens with one attached hydrogen (secondary N) is 2. The molecule has 3 rings (SSSR count). The van der Waals surface area contributed by atoms with Gasteiger partial charge in [0.2, 0.25) is 5.91 Å². The summed E-state index contributed by atoms with van der Waals surface area (Å²) >= 11 is 1.19. The third-order valence-electron chi connectivity index (χ3n) is 4.40. The number of nitrogens with zero attached hydrogens (tertiary/aromatic N) is 3. The number of benzene rings is 2. The summed E-state index contributed by atoms with van der Waals surface area (Å²) in [6.07, 6.45) is 0. The SMILES string of the molecule is COc1ccccc1-c1nnc(SCC(=O)NC(=O)Nc2ccc(C)cc2C)n1C. The minimum atomic E-state index is -0.569. The number of aryl methyl sites for hydroxylation is 2. The van der Waals surface area contributed by atoms with Crippen molar-refractivity contribution in [2.45, 2.75) is 19.0 Å². The van der Waals surface area contributed by atoms with Gasteiger partial charge in [0.1, 0.15) is 5.75 Å². The van der Waals surface area contributed by atoms with Crippen molar-refractivity contribution in [3.05, 3.63) is 53.6 Å². The standard InChI is InChI=1S/C21H23N5O3S/c1-13-9-10-16(14(2)11-13)22-20(28)23-18(27)12-30-21-25-24-19(26(21)3)15-7-5-6-8-17(15)29-4/h5-11H,12H2,1-4H3,(H2,22,23,27,28). The van der Waals surface area contributed by atoms with Crippen molar-refractivity contribution < 1.29 is 14.3 Å². The fourth-order valence-corrected chi connectivity index (χ4v) is 3.62. The van der Waals surface area contributed by atoms with E-state index < -0.39 is 11.9 Å². The van der Waals surface area contributed by atoms with Gasteiger partial charge in [0.25, 0.3) is 0 Å². The van der Waals surface area contributed by atoms with E-state index in [4.69, 9.17) is 4.74 Å². The Morgan fingerprint density at radius 2 is 1.90 bits per heavy atom. The summed E-state index contributed by atoms with van der Waals surface area (Å²) in [5.74, 6) is 0.912. The number of carbonyl (C=O) groups excluding carboxylic acids is 2. The molecule has 30 heavy (non-hydrogen) atoms. The molecule has 2 N–H and O–H groups in total. The van der Waals surface area contributed by atoms with Crippen LogP contribution < -0.4 is 15.4 Å². The number of para-hydroxylation sites is 1. The summed E-state index contributed by atoms with van der Waals surface area (Å²) in [5.41, 5.74) is 3.49. The molecule has 0 bridgehead atoms. The zero-order valence-corrected chi connectivity index (χ0v) is 18.0. The number of imide groups is 1. The highest BCUT2D eigenvalue weighted by atomic mass is 32.2. The molecule has 156 valence electrons. The van der Waals surface area contributed by atoms with Crippen LogP contribution in [0.25, 0.3) is 11.4 Å². The number of hydrogen-bond acceptors (Lipinski definition) is 6. The maximum atomic E-state index is 12.2. The summed E-state index contributed by atoms with van der Waals surface area (Å²) < 4.78 is 7.16. The maximum Gasteiger partial charge on any atom is 0.325 e. The van der Waals surface area contributed by atoms with Crippen LogP contribution in [0.4, 0.5) is 10.5 Å². The van der Waals surface area contributed by atoms with Gasteiger partial charge in [-0.05, 0) is 37.6 Å². The largest absolute Gasteiger partial charge is 0.496 e. The third-order valence-corrected chi connectivity index (χ3v) is 5.42. The number of urea groups is 1. The van der Waals surface area contributed by atoms with Gasteiger partial charge >= 0.3 is 6.03 Å². The second kappa shape index (κ2) is 9.45. The van der Waals surface area contributed by atoms with Crippen molar-refractivity contribution in [2.24, 2.45) is 7.05 Å². The smallest absolute Gasteiger partial charge is 0.325 e. The number of thioether (sulfide) groups is 1. The molecule has 0 aliphatic heterocycles. The Labute approximate surface area is 179 Å². The Kier molecular flexibility index (Phi) is 6.73. The van der Waals surface area contributed by atoms with Crippen molar-refractivity contribution in [2.75, 3.05) is 18.2 Å². The molecule has 0 aliphatic carbocycles. The number of aromatic nitrogens is 3. The van der Waals surface area contributed by atoms with E-state index >= 15 is 0 Å². The quantitative estimate of drug-likeness (QED) is 0.586. The molecule has 0 spiro atoms. The lowest BCUT2D eigenvalue weighted by molar-refractivity contribution is -0.117. The number of ether oxygens (including phenoxy) is 1. The number of amides is 3. The zero-order chi connectivity index (χ0) is 21.7. The molecule has 9 heteroatoms. The highest BCUT2D eigenvalue weighted by Crippen LogP contribution is 2.29. The van der Waals surface area contributed by atoms with Crippen LogP contribution in [0.1, 0.15) is 11.1 Å². The van der Waals surface area contributed by atoms with Crippen LogP contribution >= 0.6 is 11.8 Å². The first kappa shape index (κ1) is 21.4. The molecule has 0 atom stereocenters. The molecule has 1 heterocycles. The second-order valence-corrected chi connectivity index (χ2v) is 7.62. The summed E-state index contributed by atoms with van der Waals surface area (Å²) in [6.45, 7) is 3.87. The molecule has 0 saturated carbocycles. The van der Waals surface area contributed by atoms with Crippen molar-refractivity contribution in [1.29, 1.82) is 0 Å². The van der Waals surface area contributed by atoms with Crippen molar-refractivity contribution in [3.63, 3.8) is 0 Å². The van der Waals surface area contributed by atoms with Crippen molar-refractivity contribution >= 4 is 29.4 Å². The predicted octanol–water partition coefficient (Wildman–Crippen LogP) is 3.55. The predicted molar refractivity (Wildman–Crippen MR) is 117 cm³/mol. The van der Waals surface area contributed by atoms with Gasteiger partial charge in [0.15, 0.2) is 11.0 Å². The maximum absolute atomic E-state index is 12.2. The van der Waals surface area contributed by atoms with E-state index in [9.17, 15) is 9.59 Å². The van der Waals surface area contributed by atoms with E-state index in [0.717, 1.165) is 16.7 Å². The van der Waals surface area contributed by atoms with Gasteiger partial charge in [-0.1, -0.05) is 41.6 Å². The Balaban J connectivity index is 1.58. The molecular formula is C21H23N5O3S. The van der Waals surface area contributed by atoms with Crippen LogP contribution in [0.2, 0.25) is 0 Å². The van der Waals surface area contributed by atoms with Crippen LogP contribution in [0.3, 0.4) is 0 Å². The Bertz CT molecular complexity index is 1080. The Morgan fingerprint density at radius 3 is 2.63 bits per heavy atom. The fraction of sp³-hybridized carbons (Fsp3) is 0.238. The van der Waals surface area contributed by atoms with Crippen LogP contribution in [-0.2, 0) is 11.8 Å². The molecule has 3 aromatic rings. The monoisotopic (exact) mass is 425 g/mol. The highest BCUT2D eigenvalue weighted by Gasteiger charge is 2.16. The summed E-state index contributed by atoms with van der Waals surface area (Å²) in [7, 11) is 3.41. The van der Waals surface area contributed by atoms with Gasteiger partial charge in [0, 0.05) is 12.7 Å². The lowest BCUT2D eigenvalue weighted by Crippen LogP contribution is -2.35. The number of anilines is 1. The Hall–Kier alpha value is -3.33. The van der Waals surface area contributed by atoms with Crippen molar-refractivity contribution in [1.82, 2.24) is 20.1 Å². The number of methoxy groups -OCH3 is 1. The summed E-state index contributed by atoms with van der Waals surface area (Å²) in [6, 6.07) is 12.6. The lowest BCUT2D eigenvalue weighted by atomic mass is 10.1. The topological polar surface area (TPSA) is 98.1 Å². The van der Waals surface area contributed by atoms with Gasteiger partial charge in [-0.2, -0.15) is 0 Å². The van der Waals surface area contributed by atoms with Crippen LogP contribution in [-0.4, -0.2) is 39.6 Å². The van der Waals surface area contributed by atoms with Gasteiger partial charge in [-0.3, -0.25) is 10.1 Å². The average molecular weight is 426 g/mol. The first-order valence-corrected chi connectivity index (χ1v) is 10.2. The number of carbonyl (C=O) groups is 2. The molecule has 8 nitrogen and oxygen atoms in total. The minimum Gasteiger partial charge on any atom is -0.496 e. The number of hydrogen-bond donors (Lipinski definition) is 2. The first-order valence-electron chi connectivity index (χ1n) is 9.22. The van der Waals surface area contributed by atoms with Gasteiger partial charge in [-0.15, -0.1) is 10.2 Å². The van der Waals surface area contributed by atoms with E-state index in [1.54, 1.807) is 11.7 Å². The molecule has 0 unspecified atom stereocenters. The molecule has 1 aromatic heterocycles. The van der Waals surface area contributed by atoms with E-state index in [1.165, 1.54) is 11.8 Å². The normalized spacial score (nSPS) is 10.5. The van der Waals surface area contributed by atoms with E-state index in [-0.39, 0.29) is 5.75 Å². The second-order valence-electron chi connectivity index (χ2n) is 6.67. The molecule has 0 saturated heterocycles. The summed E-state index contributed by atoms with van der Waals surface area (Å²) in [5, 5.41) is 13.9. The fourth-order valence-electron chi connectivity index (χ4n) is 2.90. The Morgan fingerprint density at radius 1 is 1.13 bits per heavy atom. The van der Waals surface area contributed by atoms with E-state index in [0.29, 0.717) is 22.4 Å². The average Bonchev–Trinajstić information content (AvgIpc) is 3.08. The number of rotatable bonds is 6. The lowest BCUT2D eigenvalue weighted by Gasteiger charge is -2.10. The molecule has 0 fully saturated rings. The van der Waals surface area contributed by atoms with Gasteiger partial charge in [-0.25, -0.2) is 4.79 Å². The minimum absolute atomic E-state index is 0.0260. The van der Waals surface area contributed by atoms with Crippen LogP contribution in [0.15, 0.2) is 47.6 Å². The van der Waals surface area contributed by atoms with Crippen LogP contribution in [0.5, 0.6) is 5.75 Å². The molecular weight excluding hydrogens is 402 g/mol. The van der Waals surface area contributed by atoms with Gasteiger partial charge in [0.05, 0.1) is 18.4 Å². The highest BCUT2D eigenvalue weighted by molar-refractivity contribution is 7.99. The molecule has 0 radical (unpaired) electrons. The zero-order valence-electron chi connectivity index (χ0n) is 17.2. The van der Waals surface area contributed by atoms with E-state index in [1.807, 2.05) is 63.4 Å². The summed E-state index contributed by atoms with van der Waals surface area (Å²) in [4.78, 5) is 24.3. The molecule has 0 aliphatic rings. The first-order chi connectivity index (χ1) is 14.4.